The molecule has 1 saturated heterocycles. The molecule has 2 aliphatic rings. The van der Waals surface area contributed by atoms with Crippen LogP contribution in [0.4, 0.5) is 8.78 Å². The first kappa shape index (κ1) is 18.3. The van der Waals surface area contributed by atoms with Crippen LogP contribution in [0.1, 0.15) is 36.0 Å². The second-order valence-electron chi connectivity index (χ2n) is 6.78. The molecular formula is C18H20F2N2O4. The van der Waals surface area contributed by atoms with Gasteiger partial charge in [-0.05, 0) is 37.8 Å². The first-order chi connectivity index (χ1) is 12.4. The number of likely N-dealkylation sites (tertiary alicyclic amines) is 1. The van der Waals surface area contributed by atoms with E-state index in [-0.39, 0.29) is 43.1 Å². The Morgan fingerprint density at radius 1 is 1.12 bits per heavy atom. The Morgan fingerprint density at radius 3 is 2.31 bits per heavy atom. The summed E-state index contributed by atoms with van der Waals surface area (Å²) in [7, 11) is 0. The summed E-state index contributed by atoms with van der Waals surface area (Å²) in [4.78, 5) is 38.8. The zero-order chi connectivity index (χ0) is 18.8. The van der Waals surface area contributed by atoms with Gasteiger partial charge in [-0.25, -0.2) is 8.78 Å². The molecule has 0 radical (unpaired) electrons. The van der Waals surface area contributed by atoms with Crippen LogP contribution in [0, 0.1) is 17.6 Å². The van der Waals surface area contributed by atoms with E-state index in [0.29, 0.717) is 18.9 Å². The minimum Gasteiger partial charge on any atom is -0.480 e. The minimum atomic E-state index is -1.04. The van der Waals surface area contributed by atoms with Crippen LogP contribution >= 0.6 is 0 Å². The summed E-state index contributed by atoms with van der Waals surface area (Å²) in [6, 6.07) is 2.83. The van der Waals surface area contributed by atoms with Crippen molar-refractivity contribution in [3.63, 3.8) is 0 Å². The molecule has 1 aromatic rings. The molecule has 3 rings (SSSR count). The topological polar surface area (TPSA) is 77.9 Å². The molecule has 0 spiro atoms. The normalized spacial score (nSPS) is 17.8. The number of carboxylic acid groups (broad SMARTS) is 1. The molecule has 6 nitrogen and oxygen atoms in total. The molecule has 8 heteroatoms. The molecule has 1 aliphatic carbocycles. The summed E-state index contributed by atoms with van der Waals surface area (Å²) in [6.45, 7) is 0.249. The fourth-order valence-electron chi connectivity index (χ4n) is 3.32. The van der Waals surface area contributed by atoms with E-state index in [2.05, 4.69) is 0 Å². The second-order valence-corrected chi connectivity index (χ2v) is 6.78. The summed E-state index contributed by atoms with van der Waals surface area (Å²) in [5.74, 6) is -3.74. The van der Waals surface area contributed by atoms with Crippen molar-refractivity contribution < 1.29 is 28.3 Å². The molecule has 1 aromatic carbocycles. The number of benzene rings is 1. The number of hydrogen-bond acceptors (Lipinski definition) is 3. The van der Waals surface area contributed by atoms with Crippen LogP contribution in [0.5, 0.6) is 0 Å². The lowest BCUT2D eigenvalue weighted by molar-refractivity contribution is -0.147. The van der Waals surface area contributed by atoms with Gasteiger partial charge >= 0.3 is 5.97 Å². The number of piperidine rings is 1. The van der Waals surface area contributed by atoms with Crippen molar-refractivity contribution in [2.45, 2.75) is 31.7 Å². The van der Waals surface area contributed by atoms with Gasteiger partial charge in [0.2, 0.25) is 5.91 Å². The molecule has 2 fully saturated rings. The largest absolute Gasteiger partial charge is 0.480 e. The summed E-state index contributed by atoms with van der Waals surface area (Å²) in [5, 5.41) is 8.99. The van der Waals surface area contributed by atoms with Gasteiger partial charge in [0, 0.05) is 31.1 Å². The number of carbonyl (C=O) groups is 3. The van der Waals surface area contributed by atoms with Crippen molar-refractivity contribution in [3.8, 4) is 0 Å². The van der Waals surface area contributed by atoms with Gasteiger partial charge in [0.05, 0.1) is 5.56 Å². The Kier molecular flexibility index (Phi) is 5.20. The number of rotatable bonds is 5. The van der Waals surface area contributed by atoms with Crippen LogP contribution in [0.15, 0.2) is 18.2 Å². The van der Waals surface area contributed by atoms with Crippen LogP contribution in [-0.4, -0.2) is 58.4 Å². The number of carbonyl (C=O) groups excluding carboxylic acids is 2. The molecule has 0 unspecified atom stereocenters. The van der Waals surface area contributed by atoms with Crippen LogP contribution in [0.3, 0.4) is 0 Å². The molecule has 1 aliphatic heterocycles. The fourth-order valence-corrected chi connectivity index (χ4v) is 3.32. The highest BCUT2D eigenvalue weighted by atomic mass is 19.1. The van der Waals surface area contributed by atoms with Gasteiger partial charge in [-0.15, -0.1) is 0 Å². The molecule has 140 valence electrons. The maximum Gasteiger partial charge on any atom is 0.323 e. The van der Waals surface area contributed by atoms with Gasteiger partial charge in [-0.1, -0.05) is 0 Å². The van der Waals surface area contributed by atoms with Crippen molar-refractivity contribution in [2.24, 2.45) is 5.92 Å². The van der Waals surface area contributed by atoms with Gasteiger partial charge in [0.1, 0.15) is 18.2 Å². The van der Waals surface area contributed by atoms with Gasteiger partial charge in [0.15, 0.2) is 0 Å². The predicted molar refractivity (Wildman–Crippen MR) is 87.4 cm³/mol. The summed E-state index contributed by atoms with van der Waals surface area (Å²) < 4.78 is 26.8. The predicted octanol–water partition coefficient (Wildman–Crippen LogP) is 1.89. The lowest BCUT2D eigenvalue weighted by Crippen LogP contribution is -2.46. The molecule has 1 saturated carbocycles. The Morgan fingerprint density at radius 2 is 1.77 bits per heavy atom. The van der Waals surface area contributed by atoms with Gasteiger partial charge in [0.25, 0.3) is 5.91 Å². The zero-order valence-corrected chi connectivity index (χ0v) is 14.2. The third-order valence-corrected chi connectivity index (χ3v) is 4.87. The first-order valence-electron chi connectivity index (χ1n) is 8.63. The lowest BCUT2D eigenvalue weighted by atomic mass is 9.94. The van der Waals surface area contributed by atoms with E-state index in [4.69, 9.17) is 5.11 Å². The average Bonchev–Trinajstić information content (AvgIpc) is 3.43. The maximum atomic E-state index is 13.8. The SMILES string of the molecule is O=C(O)CN(C(=O)C1CCN(C(=O)c2ccc(F)cc2F)CC1)C1CC1. The second kappa shape index (κ2) is 7.39. The number of carboxylic acids is 1. The monoisotopic (exact) mass is 366 g/mol. The van der Waals surface area contributed by atoms with Crippen LogP contribution in [0.2, 0.25) is 0 Å². The number of hydrogen-bond donors (Lipinski definition) is 1. The van der Waals surface area contributed by atoms with E-state index in [1.54, 1.807) is 0 Å². The molecule has 0 atom stereocenters. The highest BCUT2D eigenvalue weighted by molar-refractivity contribution is 5.94. The van der Waals surface area contributed by atoms with E-state index in [9.17, 15) is 23.2 Å². The number of aliphatic carboxylic acids is 1. The highest BCUT2D eigenvalue weighted by Crippen LogP contribution is 2.30. The van der Waals surface area contributed by atoms with E-state index >= 15 is 0 Å². The van der Waals surface area contributed by atoms with E-state index in [1.807, 2.05) is 0 Å². The minimum absolute atomic E-state index is 0.00609. The van der Waals surface area contributed by atoms with Crippen molar-refractivity contribution in [1.29, 1.82) is 0 Å². The maximum absolute atomic E-state index is 13.8. The number of nitrogens with zero attached hydrogens (tertiary/aromatic N) is 2. The van der Waals surface area contributed by atoms with Crippen LogP contribution in [0.25, 0.3) is 0 Å². The third-order valence-electron chi connectivity index (χ3n) is 4.87. The summed E-state index contributed by atoms with van der Waals surface area (Å²) >= 11 is 0. The molecule has 0 bridgehead atoms. The Labute approximate surface area is 149 Å². The van der Waals surface area contributed by atoms with Gasteiger partial charge in [-0.2, -0.15) is 0 Å². The zero-order valence-electron chi connectivity index (χ0n) is 14.2. The first-order valence-corrected chi connectivity index (χ1v) is 8.63. The number of amides is 2. The summed E-state index contributed by atoms with van der Waals surface area (Å²) in [6.07, 6.45) is 2.44. The van der Waals surface area contributed by atoms with E-state index in [1.165, 1.54) is 9.80 Å². The van der Waals surface area contributed by atoms with Crippen molar-refractivity contribution in [1.82, 2.24) is 9.80 Å². The molecule has 1 N–H and O–H groups in total. The molecule has 1 heterocycles. The van der Waals surface area contributed by atoms with Crippen molar-refractivity contribution in [3.05, 3.63) is 35.4 Å². The van der Waals surface area contributed by atoms with Crippen LogP contribution < -0.4 is 0 Å². The standard InChI is InChI=1S/C18H20F2N2O4/c19-12-1-4-14(15(20)9-12)18(26)21-7-5-11(6-8-21)17(25)22(10-16(23)24)13-2-3-13/h1,4,9,11,13H,2-3,5-8,10H2,(H,23,24). The number of halogens is 2. The lowest BCUT2D eigenvalue weighted by Gasteiger charge is -2.34. The van der Waals surface area contributed by atoms with Crippen molar-refractivity contribution in [2.75, 3.05) is 19.6 Å². The Bertz CT molecular complexity index is 728. The molecule has 26 heavy (non-hydrogen) atoms. The van der Waals surface area contributed by atoms with Crippen LogP contribution in [-0.2, 0) is 9.59 Å². The molecule has 0 aromatic heterocycles. The Hall–Kier alpha value is -2.51. The fraction of sp³-hybridized carbons (Fsp3) is 0.500. The highest BCUT2D eigenvalue weighted by Gasteiger charge is 2.38. The van der Waals surface area contributed by atoms with Gasteiger partial charge < -0.3 is 14.9 Å². The van der Waals surface area contributed by atoms with Gasteiger partial charge in [-0.3, -0.25) is 14.4 Å². The molecule has 2 amide bonds. The van der Waals surface area contributed by atoms with E-state index in [0.717, 1.165) is 25.0 Å². The smallest absolute Gasteiger partial charge is 0.323 e. The summed E-state index contributed by atoms with van der Waals surface area (Å²) in [5.41, 5.74) is -0.193. The quantitative estimate of drug-likeness (QED) is 0.863. The molecular weight excluding hydrogens is 346 g/mol. The van der Waals surface area contributed by atoms with E-state index < -0.39 is 23.5 Å². The van der Waals surface area contributed by atoms with Crippen molar-refractivity contribution >= 4 is 17.8 Å². The average molecular weight is 366 g/mol. The Balaban J connectivity index is 1.60. The third kappa shape index (κ3) is 4.00.